The number of amidine groups is 1. The van der Waals surface area contributed by atoms with Crippen molar-refractivity contribution in [1.82, 2.24) is 4.72 Å². The molecular weight excluding hydrogens is 396 g/mol. The largest absolute Gasteiger partial charge is 0.322 e. The molecule has 0 saturated heterocycles. The van der Waals surface area contributed by atoms with Crippen LogP contribution in [0.3, 0.4) is 0 Å². The molecule has 29 heavy (non-hydrogen) atoms. The lowest BCUT2D eigenvalue weighted by molar-refractivity contribution is -0.384. The number of sulfonamides is 1. The quantitative estimate of drug-likeness (QED) is 0.571. The van der Waals surface area contributed by atoms with Gasteiger partial charge in [-0.1, -0.05) is 12.5 Å². The molecule has 152 valence electrons. The third-order valence-electron chi connectivity index (χ3n) is 4.37. The van der Waals surface area contributed by atoms with Crippen LogP contribution in [-0.4, -0.2) is 31.6 Å². The minimum atomic E-state index is -3.82. The average molecular weight is 416 g/mol. The highest BCUT2D eigenvalue weighted by Crippen LogP contribution is 2.18. The lowest BCUT2D eigenvalue weighted by atomic mass is 10.2. The van der Waals surface area contributed by atoms with Crippen molar-refractivity contribution in [3.63, 3.8) is 0 Å². The first-order chi connectivity index (χ1) is 13.8. The highest BCUT2D eigenvalue weighted by Gasteiger charge is 2.18. The summed E-state index contributed by atoms with van der Waals surface area (Å²) in [7, 11) is -3.82. The first-order valence-electron chi connectivity index (χ1n) is 9.07. The topological polar surface area (TPSA) is 131 Å². The Balaban J connectivity index is 1.73. The maximum atomic E-state index is 12.7. The van der Waals surface area contributed by atoms with Crippen molar-refractivity contribution < 1.29 is 18.1 Å². The van der Waals surface area contributed by atoms with E-state index in [2.05, 4.69) is 15.0 Å². The van der Waals surface area contributed by atoms with E-state index in [9.17, 15) is 23.3 Å². The number of carbonyl (C=O) groups is 1. The zero-order valence-corrected chi connectivity index (χ0v) is 16.3. The van der Waals surface area contributed by atoms with Crippen molar-refractivity contribution in [1.29, 1.82) is 0 Å². The summed E-state index contributed by atoms with van der Waals surface area (Å²) in [5, 5.41) is 13.3. The van der Waals surface area contributed by atoms with Gasteiger partial charge in [0.15, 0.2) is 0 Å². The van der Waals surface area contributed by atoms with Crippen molar-refractivity contribution in [3.8, 4) is 0 Å². The number of aliphatic imine (C=N–C) groups is 1. The molecule has 2 aromatic carbocycles. The molecule has 1 aliphatic rings. The van der Waals surface area contributed by atoms with E-state index in [-0.39, 0.29) is 16.1 Å². The minimum absolute atomic E-state index is 0.00551. The summed E-state index contributed by atoms with van der Waals surface area (Å²) in [6.45, 7) is 0.600. The Labute approximate surface area is 168 Å². The van der Waals surface area contributed by atoms with Crippen LogP contribution < -0.4 is 10.0 Å². The summed E-state index contributed by atoms with van der Waals surface area (Å²) >= 11 is 0. The Morgan fingerprint density at radius 1 is 1.07 bits per heavy atom. The van der Waals surface area contributed by atoms with Crippen molar-refractivity contribution in [2.75, 3.05) is 11.9 Å². The van der Waals surface area contributed by atoms with Crippen LogP contribution >= 0.6 is 0 Å². The molecule has 1 amide bonds. The van der Waals surface area contributed by atoms with Crippen LogP contribution in [0.15, 0.2) is 58.4 Å². The minimum Gasteiger partial charge on any atom is -0.322 e. The van der Waals surface area contributed by atoms with E-state index in [0.717, 1.165) is 19.3 Å². The number of benzene rings is 2. The number of nitrogens with one attached hydrogen (secondary N) is 2. The molecule has 0 atom stereocenters. The molecule has 3 rings (SSSR count). The van der Waals surface area contributed by atoms with Gasteiger partial charge in [-0.2, -0.15) is 0 Å². The van der Waals surface area contributed by atoms with E-state index >= 15 is 0 Å². The maximum Gasteiger partial charge on any atom is 0.269 e. The summed E-state index contributed by atoms with van der Waals surface area (Å²) in [6.07, 6.45) is 3.41. The molecule has 0 unspecified atom stereocenters. The summed E-state index contributed by atoms with van der Waals surface area (Å²) in [4.78, 5) is 26.8. The molecule has 0 radical (unpaired) electrons. The Hall–Kier alpha value is -3.27. The van der Waals surface area contributed by atoms with E-state index < -0.39 is 20.9 Å². The lowest BCUT2D eigenvalue weighted by Gasteiger charge is -2.11. The Kier molecular flexibility index (Phi) is 6.23. The second kappa shape index (κ2) is 8.82. The van der Waals surface area contributed by atoms with Gasteiger partial charge < -0.3 is 5.32 Å². The molecule has 0 bridgehead atoms. The van der Waals surface area contributed by atoms with Crippen molar-refractivity contribution in [2.45, 2.75) is 30.6 Å². The molecular formula is C19H20N4O5S. The van der Waals surface area contributed by atoms with E-state index in [4.69, 9.17) is 0 Å². The Bertz CT molecular complexity index is 1050. The van der Waals surface area contributed by atoms with Crippen LogP contribution in [0.5, 0.6) is 0 Å². The molecule has 0 aromatic heterocycles. The molecule has 10 heteroatoms. The van der Waals surface area contributed by atoms with Crippen LogP contribution in [0.25, 0.3) is 0 Å². The number of hydrogen-bond acceptors (Lipinski definition) is 6. The van der Waals surface area contributed by atoms with Gasteiger partial charge in [-0.05, 0) is 43.2 Å². The highest BCUT2D eigenvalue weighted by atomic mass is 32.2. The summed E-state index contributed by atoms with van der Waals surface area (Å²) in [5.41, 5.74) is 0.385. The molecule has 0 spiro atoms. The van der Waals surface area contributed by atoms with Crippen LogP contribution in [0.2, 0.25) is 0 Å². The van der Waals surface area contributed by atoms with Crippen molar-refractivity contribution in [2.24, 2.45) is 4.99 Å². The molecule has 2 aromatic rings. The van der Waals surface area contributed by atoms with E-state index in [1.54, 1.807) is 6.07 Å². The summed E-state index contributed by atoms with van der Waals surface area (Å²) in [6, 6.07) is 11.0. The van der Waals surface area contributed by atoms with Crippen molar-refractivity contribution in [3.05, 3.63) is 64.2 Å². The van der Waals surface area contributed by atoms with Gasteiger partial charge in [0, 0.05) is 36.3 Å². The normalized spacial score (nSPS) is 14.4. The van der Waals surface area contributed by atoms with Crippen LogP contribution in [-0.2, 0) is 10.0 Å². The number of anilines is 1. The predicted molar refractivity (Wildman–Crippen MR) is 109 cm³/mol. The van der Waals surface area contributed by atoms with Crippen LogP contribution in [0.4, 0.5) is 11.4 Å². The van der Waals surface area contributed by atoms with Crippen molar-refractivity contribution >= 4 is 33.1 Å². The molecule has 0 aliphatic carbocycles. The monoisotopic (exact) mass is 416 g/mol. The van der Waals surface area contributed by atoms with Gasteiger partial charge in [0.05, 0.1) is 9.82 Å². The lowest BCUT2D eigenvalue weighted by Crippen LogP contribution is -2.30. The summed E-state index contributed by atoms with van der Waals surface area (Å²) in [5.74, 6) is -0.0571. The van der Waals surface area contributed by atoms with Crippen LogP contribution in [0, 0.1) is 10.1 Å². The van der Waals surface area contributed by atoms with Crippen LogP contribution in [0.1, 0.15) is 36.0 Å². The predicted octanol–water partition coefficient (Wildman–Crippen LogP) is 3.10. The number of carbonyl (C=O) groups excluding carboxylic acids is 1. The maximum absolute atomic E-state index is 12.7. The van der Waals surface area contributed by atoms with E-state index in [0.29, 0.717) is 24.5 Å². The fourth-order valence-electron chi connectivity index (χ4n) is 2.85. The number of nitrogens with zero attached hydrogens (tertiary/aromatic N) is 2. The smallest absolute Gasteiger partial charge is 0.269 e. The van der Waals surface area contributed by atoms with Gasteiger partial charge >= 0.3 is 0 Å². The zero-order valence-electron chi connectivity index (χ0n) is 15.5. The van der Waals surface area contributed by atoms with Gasteiger partial charge in [0.1, 0.15) is 5.84 Å². The molecule has 0 fully saturated rings. The molecule has 2 N–H and O–H groups in total. The average Bonchev–Trinajstić information content (AvgIpc) is 2.96. The molecule has 1 heterocycles. The third-order valence-corrected chi connectivity index (χ3v) is 5.75. The highest BCUT2D eigenvalue weighted by molar-refractivity contribution is 7.90. The second-order valence-electron chi connectivity index (χ2n) is 6.53. The van der Waals surface area contributed by atoms with E-state index in [1.807, 2.05) is 0 Å². The number of nitro groups is 1. The summed E-state index contributed by atoms with van der Waals surface area (Å²) < 4.78 is 27.8. The first-order valence-corrected chi connectivity index (χ1v) is 10.6. The van der Waals surface area contributed by atoms with Gasteiger partial charge in [-0.3, -0.25) is 24.6 Å². The zero-order chi connectivity index (χ0) is 20.9. The van der Waals surface area contributed by atoms with Gasteiger partial charge in [-0.15, -0.1) is 0 Å². The molecule has 1 aliphatic heterocycles. The fraction of sp³-hybridized carbons (Fsp3) is 0.263. The molecule has 0 saturated carbocycles. The SMILES string of the molecule is O=C(Nc1cccc(S(=O)(=O)NC2=NCCCCC2)c1)c1ccc([N+](=O)[O-])cc1. The first kappa shape index (κ1) is 20.5. The standard InChI is InChI=1S/C19H20N4O5S/c24-19(14-8-10-16(11-9-14)23(25)26)21-15-5-4-6-17(13-15)29(27,28)22-18-7-2-1-3-12-20-18/h4-6,8-11,13H,1-3,7,12H2,(H,20,22)(H,21,24). The molecule has 9 nitrogen and oxygen atoms in total. The van der Waals surface area contributed by atoms with Gasteiger partial charge in [-0.25, -0.2) is 8.42 Å². The number of rotatable bonds is 5. The number of hydrogen-bond donors (Lipinski definition) is 2. The number of amides is 1. The fourth-order valence-corrected chi connectivity index (χ4v) is 3.98. The number of non-ortho nitro benzene ring substituents is 1. The third kappa shape index (κ3) is 5.38. The second-order valence-corrected chi connectivity index (χ2v) is 8.21. The Morgan fingerprint density at radius 3 is 2.55 bits per heavy atom. The van der Waals surface area contributed by atoms with Gasteiger partial charge in [0.2, 0.25) is 0 Å². The number of nitro benzene ring substituents is 1. The van der Waals surface area contributed by atoms with E-state index in [1.165, 1.54) is 42.5 Å². The van der Waals surface area contributed by atoms with Gasteiger partial charge in [0.25, 0.3) is 21.6 Å². The Morgan fingerprint density at radius 2 is 1.83 bits per heavy atom.